The van der Waals surface area contributed by atoms with Crippen molar-refractivity contribution in [3.8, 4) is 0 Å². The van der Waals surface area contributed by atoms with E-state index < -0.39 is 36.3 Å². The molecule has 0 saturated heterocycles. The Morgan fingerprint density at radius 3 is 2.00 bits per heavy atom. The van der Waals surface area contributed by atoms with Gasteiger partial charge in [0.2, 0.25) is 10.0 Å². The van der Waals surface area contributed by atoms with E-state index in [2.05, 4.69) is 4.72 Å². The van der Waals surface area contributed by atoms with E-state index >= 15 is 0 Å². The number of carboxylic acid groups (broad SMARTS) is 1. The summed E-state index contributed by atoms with van der Waals surface area (Å²) < 4.78 is 47.4. The Labute approximate surface area is 124 Å². The van der Waals surface area contributed by atoms with Gasteiger partial charge in [-0.3, -0.25) is 9.52 Å². The Balaban J connectivity index is 2.97. The fourth-order valence-electron chi connectivity index (χ4n) is 1.57. The molecule has 0 atom stereocenters. The van der Waals surface area contributed by atoms with Crippen LogP contribution in [0.2, 0.25) is 0 Å². The number of aliphatic carboxylic acids is 1. The van der Waals surface area contributed by atoms with Crippen molar-refractivity contribution in [1.29, 1.82) is 0 Å². The van der Waals surface area contributed by atoms with Crippen molar-refractivity contribution in [3.63, 3.8) is 0 Å². The predicted octanol–water partition coefficient (Wildman–Crippen LogP) is 0.793. The summed E-state index contributed by atoms with van der Waals surface area (Å²) in [6.07, 6.45) is 0.824. The third-order valence-electron chi connectivity index (χ3n) is 2.78. The van der Waals surface area contributed by atoms with Gasteiger partial charge in [0, 0.05) is 11.9 Å². The highest BCUT2D eigenvalue weighted by molar-refractivity contribution is 8.08. The van der Waals surface area contributed by atoms with Crippen LogP contribution in [0, 0.1) is 0 Å². The molecule has 0 unspecified atom stereocenters. The maximum Gasteiger partial charge on any atom is 0.313 e. The number of hydrogen-bond acceptors (Lipinski definition) is 5. The van der Waals surface area contributed by atoms with Crippen LogP contribution in [0.5, 0.6) is 0 Å². The Hall–Kier alpha value is -1.61. The maximum atomic E-state index is 11.6. The molecule has 0 fully saturated rings. The van der Waals surface area contributed by atoms with E-state index in [1.807, 2.05) is 0 Å². The molecule has 0 spiro atoms. The van der Waals surface area contributed by atoms with E-state index in [1.165, 1.54) is 38.1 Å². The summed E-state index contributed by atoms with van der Waals surface area (Å²) in [5.41, 5.74) is -0.436. The van der Waals surface area contributed by atoms with Crippen molar-refractivity contribution in [2.24, 2.45) is 0 Å². The molecule has 0 bridgehead atoms. The predicted molar refractivity (Wildman–Crippen MR) is 79.4 cm³/mol. The molecule has 0 aliphatic carbocycles. The van der Waals surface area contributed by atoms with Crippen LogP contribution >= 0.6 is 0 Å². The Morgan fingerprint density at radius 2 is 1.62 bits per heavy atom. The van der Waals surface area contributed by atoms with E-state index in [-0.39, 0.29) is 5.69 Å². The summed E-state index contributed by atoms with van der Waals surface area (Å²) in [5.74, 6) is -1.01. The third kappa shape index (κ3) is 5.01. The molecule has 9 heteroatoms. The van der Waals surface area contributed by atoms with Gasteiger partial charge in [-0.2, -0.15) is 0 Å². The molecule has 0 saturated carbocycles. The first-order chi connectivity index (χ1) is 9.33. The molecule has 0 aromatic heterocycles. The van der Waals surface area contributed by atoms with Gasteiger partial charge < -0.3 is 5.11 Å². The Bertz CT molecular complexity index is 732. The molecule has 0 aliphatic heterocycles. The van der Waals surface area contributed by atoms with Crippen LogP contribution in [-0.4, -0.2) is 39.3 Å². The van der Waals surface area contributed by atoms with Gasteiger partial charge in [0.05, 0.1) is 5.41 Å². The number of rotatable bonds is 6. The van der Waals surface area contributed by atoms with Crippen molar-refractivity contribution >= 4 is 31.5 Å². The summed E-state index contributed by atoms with van der Waals surface area (Å²) in [7, 11) is -7.68. The van der Waals surface area contributed by atoms with Gasteiger partial charge in [-0.15, -0.1) is 0 Å². The highest BCUT2D eigenvalue weighted by Crippen LogP contribution is 2.25. The number of carboxylic acids is 1. The minimum atomic E-state index is -4.01. The topological polar surface area (TPSA) is 118 Å². The molecule has 1 aromatic carbocycles. The molecule has 0 amide bonds. The summed E-state index contributed by atoms with van der Waals surface area (Å²) in [5, 5.41) is 8.09. The van der Waals surface area contributed by atoms with Gasteiger partial charge in [-0.1, -0.05) is 12.1 Å². The van der Waals surface area contributed by atoms with Crippen LogP contribution in [0.1, 0.15) is 19.4 Å². The van der Waals surface area contributed by atoms with E-state index in [4.69, 9.17) is 5.11 Å². The van der Waals surface area contributed by atoms with E-state index in [1.54, 1.807) is 0 Å². The van der Waals surface area contributed by atoms with Crippen LogP contribution in [0.3, 0.4) is 0 Å². The zero-order valence-corrected chi connectivity index (χ0v) is 13.5. The molecule has 1 aromatic rings. The van der Waals surface area contributed by atoms with Crippen LogP contribution < -0.4 is 4.72 Å². The van der Waals surface area contributed by atoms with Gasteiger partial charge >= 0.3 is 5.97 Å². The normalized spacial score (nSPS) is 12.9. The highest BCUT2D eigenvalue weighted by Gasteiger charge is 2.29. The maximum absolute atomic E-state index is 11.6. The lowest BCUT2D eigenvalue weighted by Crippen LogP contribution is -2.28. The first-order valence-electron chi connectivity index (χ1n) is 5.86. The third-order valence-corrected chi connectivity index (χ3v) is 6.28. The molecule has 2 N–H and O–H groups in total. The van der Waals surface area contributed by atoms with Gasteiger partial charge in [0.25, 0.3) is 0 Å². The lowest BCUT2D eigenvalue weighted by Gasteiger charge is -2.20. The SMILES string of the molecule is CC(C)(C(=O)O)c1ccc(NS(=O)(=O)CS(C)(=O)=O)cc1. The minimum Gasteiger partial charge on any atom is -0.481 e. The molecule has 1 rings (SSSR count). The van der Waals surface area contributed by atoms with Crippen molar-refractivity contribution in [1.82, 2.24) is 0 Å². The van der Waals surface area contributed by atoms with E-state index in [0.29, 0.717) is 5.56 Å². The highest BCUT2D eigenvalue weighted by atomic mass is 32.3. The van der Waals surface area contributed by atoms with Crippen LogP contribution in [0.25, 0.3) is 0 Å². The molecule has 0 radical (unpaired) electrons. The van der Waals surface area contributed by atoms with Gasteiger partial charge in [-0.25, -0.2) is 16.8 Å². The van der Waals surface area contributed by atoms with Gasteiger partial charge in [0.1, 0.15) is 0 Å². The first-order valence-corrected chi connectivity index (χ1v) is 9.57. The molecular weight excluding hydrogens is 318 g/mol. The van der Waals surface area contributed by atoms with Crippen LogP contribution in [0.4, 0.5) is 5.69 Å². The fourth-order valence-corrected chi connectivity index (χ4v) is 4.55. The number of hydrogen-bond donors (Lipinski definition) is 2. The van der Waals surface area contributed by atoms with Crippen molar-refractivity contribution in [3.05, 3.63) is 29.8 Å². The second kappa shape index (κ2) is 5.64. The Morgan fingerprint density at radius 1 is 1.14 bits per heavy atom. The van der Waals surface area contributed by atoms with Gasteiger partial charge in [0.15, 0.2) is 14.9 Å². The summed E-state index contributed by atoms with van der Waals surface area (Å²) in [6.45, 7) is 3.05. The standard InChI is InChI=1S/C12H17NO6S2/c1-12(2,11(14)15)9-4-6-10(7-5-9)13-21(18,19)8-20(3,16)17/h4-7,13H,8H2,1-3H3,(H,14,15). The number of nitrogens with one attached hydrogen (secondary N) is 1. The minimum absolute atomic E-state index is 0.170. The molecular formula is C12H17NO6S2. The van der Waals surface area contributed by atoms with Crippen molar-refractivity contribution in [2.45, 2.75) is 19.3 Å². The van der Waals surface area contributed by atoms with E-state index in [0.717, 1.165) is 6.26 Å². The Kier molecular flexibility index (Phi) is 4.69. The molecule has 21 heavy (non-hydrogen) atoms. The zero-order valence-electron chi connectivity index (χ0n) is 11.8. The van der Waals surface area contributed by atoms with Gasteiger partial charge in [-0.05, 0) is 31.5 Å². The number of carbonyl (C=O) groups is 1. The number of sulfonamides is 1. The van der Waals surface area contributed by atoms with Crippen molar-refractivity contribution in [2.75, 3.05) is 16.1 Å². The van der Waals surface area contributed by atoms with Crippen LogP contribution in [-0.2, 0) is 30.1 Å². The smallest absolute Gasteiger partial charge is 0.313 e. The monoisotopic (exact) mass is 335 g/mol. The molecule has 0 heterocycles. The average Bonchev–Trinajstić information content (AvgIpc) is 2.25. The lowest BCUT2D eigenvalue weighted by molar-refractivity contribution is -0.142. The second-order valence-electron chi connectivity index (χ2n) is 5.27. The number of sulfone groups is 1. The molecule has 118 valence electrons. The second-order valence-corrected chi connectivity index (χ2v) is 9.50. The number of benzene rings is 1. The lowest BCUT2D eigenvalue weighted by atomic mass is 9.85. The summed E-state index contributed by atoms with van der Waals surface area (Å²) >= 11 is 0. The largest absolute Gasteiger partial charge is 0.481 e. The number of anilines is 1. The summed E-state index contributed by atoms with van der Waals surface area (Å²) in [4.78, 5) is 11.1. The average molecular weight is 335 g/mol. The summed E-state index contributed by atoms with van der Waals surface area (Å²) in [6, 6.07) is 5.73. The molecule has 7 nitrogen and oxygen atoms in total. The quantitative estimate of drug-likeness (QED) is 0.793. The fraction of sp³-hybridized carbons (Fsp3) is 0.417. The first kappa shape index (κ1) is 17.4. The molecule has 0 aliphatic rings. The van der Waals surface area contributed by atoms with Crippen LogP contribution in [0.15, 0.2) is 24.3 Å². The van der Waals surface area contributed by atoms with Crippen molar-refractivity contribution < 1.29 is 26.7 Å². The van der Waals surface area contributed by atoms with E-state index in [9.17, 15) is 21.6 Å². The zero-order chi connectivity index (χ0) is 16.5.